The van der Waals surface area contributed by atoms with Gasteiger partial charge < -0.3 is 23.4 Å². The molecule has 3 heterocycles. The summed E-state index contributed by atoms with van der Waals surface area (Å²) in [6.45, 7) is 0. The number of rotatable bonds is 8. The van der Waals surface area contributed by atoms with E-state index in [-0.39, 0.29) is 0 Å². The second-order valence-corrected chi connectivity index (χ2v) is 18.1. The van der Waals surface area contributed by atoms with Crippen molar-refractivity contribution in [3.05, 3.63) is 243 Å². The zero-order valence-electron chi connectivity index (χ0n) is 37.3. The van der Waals surface area contributed by atoms with Gasteiger partial charge in [0.15, 0.2) is 0 Å². The maximum Gasteiger partial charge on any atom is 0.135 e. The minimum atomic E-state index is 0.845. The number of hydrogen-bond donors (Lipinski definition) is 0. The molecule has 0 fully saturated rings. The summed E-state index contributed by atoms with van der Waals surface area (Å²) in [7, 11) is 0. The number of para-hydroxylation sites is 4. The molecule has 0 amide bonds. The maximum absolute atomic E-state index is 6.69. The number of hydrogen-bond acceptors (Lipinski definition) is 3. The van der Waals surface area contributed by atoms with Gasteiger partial charge in [-0.3, -0.25) is 0 Å². The Kier molecular flexibility index (Phi) is 8.00. The highest BCUT2D eigenvalue weighted by atomic mass is 16.3. The molecule has 0 aliphatic heterocycles. The van der Waals surface area contributed by atoms with Gasteiger partial charge in [0.05, 0.1) is 33.4 Å². The molecule has 0 bridgehead atoms. The predicted molar refractivity (Wildman–Crippen MR) is 289 cm³/mol. The first-order chi connectivity index (χ1) is 34.2. The summed E-state index contributed by atoms with van der Waals surface area (Å²) in [6.07, 6.45) is 0. The van der Waals surface area contributed by atoms with E-state index >= 15 is 0 Å². The van der Waals surface area contributed by atoms with Crippen LogP contribution in [0.5, 0.6) is 0 Å². The van der Waals surface area contributed by atoms with Crippen molar-refractivity contribution in [1.82, 2.24) is 9.13 Å². The smallest absolute Gasteiger partial charge is 0.135 e. The third-order valence-electron chi connectivity index (χ3n) is 14.4. The van der Waals surface area contributed by atoms with Crippen molar-refractivity contribution in [2.45, 2.75) is 0 Å². The molecule has 0 saturated carbocycles. The van der Waals surface area contributed by atoms with Crippen LogP contribution in [0.4, 0.5) is 34.1 Å². The van der Waals surface area contributed by atoms with Gasteiger partial charge in [-0.15, -0.1) is 0 Å². The Morgan fingerprint density at radius 1 is 0.275 bits per heavy atom. The van der Waals surface area contributed by atoms with Crippen LogP contribution in [-0.2, 0) is 0 Å². The Morgan fingerprint density at radius 3 is 1.12 bits per heavy atom. The van der Waals surface area contributed by atoms with E-state index < -0.39 is 0 Å². The van der Waals surface area contributed by atoms with Crippen molar-refractivity contribution in [2.75, 3.05) is 9.80 Å². The Morgan fingerprint density at radius 2 is 0.681 bits per heavy atom. The molecule has 0 saturated heterocycles. The normalized spacial score (nSPS) is 12.1. The van der Waals surface area contributed by atoms with Crippen molar-refractivity contribution in [1.29, 1.82) is 0 Å². The Balaban J connectivity index is 0.927. The van der Waals surface area contributed by atoms with Gasteiger partial charge >= 0.3 is 0 Å². The number of nitrogens with zero attached hydrogens (tertiary/aromatic N) is 4. The first-order valence-electron chi connectivity index (χ1n) is 23.6. The summed E-state index contributed by atoms with van der Waals surface area (Å²) >= 11 is 0. The van der Waals surface area contributed by atoms with Gasteiger partial charge in [0.25, 0.3) is 0 Å². The highest BCUT2D eigenvalue weighted by Gasteiger charge is 2.25. The quantitative estimate of drug-likeness (QED) is 0.142. The van der Waals surface area contributed by atoms with Crippen molar-refractivity contribution in [3.63, 3.8) is 0 Å². The molecule has 15 rings (SSSR count). The van der Waals surface area contributed by atoms with Gasteiger partial charge in [-0.25, -0.2) is 0 Å². The Hall–Kier alpha value is -9.32. The highest BCUT2D eigenvalue weighted by Crippen LogP contribution is 2.49. The standard InChI is InChI=1S/C64H40N4O/c1-5-17-43(18-6-1)65(53-33-35-57-63-49(53)31-27-41-15-13-25-55(61(41)63)67(57)45-21-9-3-10-22-45)47-29-37-59-51(39-47)52-40-48(30-38-60(52)69-59)66(44-19-7-2-8-20-44)54-34-36-58-64-50(54)32-28-42-16-14-26-56(62(42)64)68(58)46-23-11-4-12-24-46/h1-40H. The van der Waals surface area contributed by atoms with E-state index in [2.05, 4.69) is 262 Å². The monoisotopic (exact) mass is 880 g/mol. The molecule has 69 heavy (non-hydrogen) atoms. The molecule has 322 valence electrons. The number of benzene rings is 12. The van der Waals surface area contributed by atoms with Crippen LogP contribution in [0.15, 0.2) is 247 Å². The fourth-order valence-electron chi connectivity index (χ4n) is 11.5. The molecule has 3 aromatic heterocycles. The van der Waals surface area contributed by atoms with E-state index in [1.54, 1.807) is 0 Å². The number of aromatic nitrogens is 2. The molecule has 0 N–H and O–H groups in total. The summed E-state index contributed by atoms with van der Waals surface area (Å²) < 4.78 is 11.5. The lowest BCUT2D eigenvalue weighted by Gasteiger charge is -2.27. The minimum Gasteiger partial charge on any atom is -0.456 e. The Bertz CT molecular complexity index is 4130. The molecule has 0 atom stereocenters. The Labute approximate surface area is 396 Å². The van der Waals surface area contributed by atoms with Crippen molar-refractivity contribution in [2.24, 2.45) is 0 Å². The van der Waals surface area contributed by atoms with Gasteiger partial charge in [0, 0.05) is 77.2 Å². The molecule has 5 nitrogen and oxygen atoms in total. The lowest BCUT2D eigenvalue weighted by molar-refractivity contribution is 0.669. The lowest BCUT2D eigenvalue weighted by atomic mass is 9.99. The molecule has 5 heteroatoms. The van der Waals surface area contributed by atoms with Crippen LogP contribution in [0.3, 0.4) is 0 Å². The van der Waals surface area contributed by atoms with Gasteiger partial charge in [-0.2, -0.15) is 0 Å². The number of fused-ring (bicyclic) bond motifs is 3. The zero-order valence-corrected chi connectivity index (χ0v) is 37.3. The fourth-order valence-corrected chi connectivity index (χ4v) is 11.5. The highest BCUT2D eigenvalue weighted by molar-refractivity contribution is 6.28. The van der Waals surface area contributed by atoms with E-state index in [1.165, 1.54) is 65.2 Å². The van der Waals surface area contributed by atoms with Gasteiger partial charge in [0.1, 0.15) is 11.2 Å². The van der Waals surface area contributed by atoms with Crippen LogP contribution < -0.4 is 9.80 Å². The molecule has 0 aliphatic rings. The van der Waals surface area contributed by atoms with Gasteiger partial charge in [-0.1, -0.05) is 121 Å². The second kappa shape index (κ2) is 14.6. The van der Waals surface area contributed by atoms with Crippen LogP contribution in [0.2, 0.25) is 0 Å². The van der Waals surface area contributed by atoms with Crippen molar-refractivity contribution < 1.29 is 4.42 Å². The summed E-state index contributed by atoms with van der Waals surface area (Å²) in [5.41, 5.74) is 15.3. The molecular weight excluding hydrogens is 841 g/mol. The largest absolute Gasteiger partial charge is 0.456 e. The molecule has 0 aliphatic carbocycles. The van der Waals surface area contributed by atoms with Crippen LogP contribution in [-0.4, -0.2) is 9.13 Å². The van der Waals surface area contributed by atoms with Crippen molar-refractivity contribution >= 4 is 121 Å². The molecule has 0 unspecified atom stereocenters. The number of furan rings is 1. The topological polar surface area (TPSA) is 29.5 Å². The van der Waals surface area contributed by atoms with Gasteiger partial charge in [0.2, 0.25) is 0 Å². The van der Waals surface area contributed by atoms with Gasteiger partial charge in [-0.05, 0) is 132 Å². The summed E-state index contributed by atoms with van der Waals surface area (Å²) in [5.74, 6) is 0. The van der Waals surface area contributed by atoms with E-state index in [9.17, 15) is 0 Å². The summed E-state index contributed by atoms with van der Waals surface area (Å²) in [6, 6.07) is 87.8. The van der Waals surface area contributed by atoms with E-state index in [1.807, 2.05) is 0 Å². The van der Waals surface area contributed by atoms with E-state index in [0.717, 1.165) is 67.4 Å². The first-order valence-corrected chi connectivity index (χ1v) is 23.6. The third-order valence-corrected chi connectivity index (χ3v) is 14.4. The molecule has 12 aromatic carbocycles. The minimum absolute atomic E-state index is 0.845. The van der Waals surface area contributed by atoms with Crippen LogP contribution >= 0.6 is 0 Å². The van der Waals surface area contributed by atoms with Crippen molar-refractivity contribution in [3.8, 4) is 11.4 Å². The molecule has 0 radical (unpaired) electrons. The molecule has 15 aromatic rings. The van der Waals surface area contributed by atoms with Crippen LogP contribution in [0.25, 0.3) is 98.5 Å². The lowest BCUT2D eigenvalue weighted by Crippen LogP contribution is -2.10. The summed E-state index contributed by atoms with van der Waals surface area (Å²) in [4.78, 5) is 4.81. The SMILES string of the molecule is c1ccc(N(c2ccc3oc4ccc(N(c5ccccc5)c5ccc6c7c5ccc5cccc(c57)n6-c5ccccc5)cc4c3c2)c2ccc3c4c2ccc2cccc(c24)n3-c2ccccc2)cc1. The van der Waals surface area contributed by atoms with E-state index in [4.69, 9.17) is 4.42 Å². The van der Waals surface area contributed by atoms with Crippen LogP contribution in [0.1, 0.15) is 0 Å². The summed E-state index contributed by atoms with van der Waals surface area (Å²) in [5, 5.41) is 12.1. The van der Waals surface area contributed by atoms with Crippen LogP contribution in [0, 0.1) is 0 Å². The third kappa shape index (κ3) is 5.53. The second-order valence-electron chi connectivity index (χ2n) is 18.1. The molecule has 0 spiro atoms. The average molecular weight is 881 g/mol. The zero-order chi connectivity index (χ0) is 45.2. The average Bonchev–Trinajstić information content (AvgIpc) is 4.08. The maximum atomic E-state index is 6.69. The number of anilines is 6. The fraction of sp³-hybridized carbons (Fsp3) is 0. The molecular formula is C64H40N4O. The van der Waals surface area contributed by atoms with E-state index in [0.29, 0.717) is 0 Å². The first kappa shape index (κ1) is 37.9. The predicted octanol–water partition coefficient (Wildman–Crippen LogP) is 17.9.